The summed E-state index contributed by atoms with van der Waals surface area (Å²) in [5.41, 5.74) is 0. The Hall–Kier alpha value is -0.0100. The molecule has 0 radical (unpaired) electrons. The maximum absolute atomic E-state index is 12.7. The van der Waals surface area contributed by atoms with Gasteiger partial charge in [-0.15, -0.1) is 0 Å². The lowest BCUT2D eigenvalue weighted by Gasteiger charge is -2.18. The van der Waals surface area contributed by atoms with Crippen LogP contribution in [0.15, 0.2) is 0 Å². The van der Waals surface area contributed by atoms with Gasteiger partial charge in [-0.05, 0) is 59.3 Å². The van der Waals surface area contributed by atoms with Gasteiger partial charge in [0.1, 0.15) is 0 Å². The molecule has 0 fully saturated rings. The first kappa shape index (κ1) is 26.0. The molecular weight excluding hydrogens is 359 g/mol. The number of ether oxygens (including phenoxy) is 3. The van der Waals surface area contributed by atoms with Gasteiger partial charge in [-0.3, -0.25) is 13.6 Å². The summed E-state index contributed by atoms with van der Waals surface area (Å²) >= 11 is 0. The third-order valence-corrected chi connectivity index (χ3v) is 4.91. The molecule has 0 bridgehead atoms. The van der Waals surface area contributed by atoms with Gasteiger partial charge < -0.3 is 14.2 Å². The van der Waals surface area contributed by atoms with E-state index in [1.54, 1.807) is 0 Å². The van der Waals surface area contributed by atoms with Crippen molar-refractivity contribution >= 4 is 7.82 Å². The fourth-order valence-corrected chi connectivity index (χ4v) is 3.27. The number of hydrogen-bond donors (Lipinski definition) is 0. The molecule has 0 unspecified atom stereocenters. The first-order chi connectivity index (χ1) is 12.7. The summed E-state index contributed by atoms with van der Waals surface area (Å²) in [6.45, 7) is 11.0. The van der Waals surface area contributed by atoms with Gasteiger partial charge in [-0.1, -0.05) is 0 Å². The number of hydrogen-bond acceptors (Lipinski definition) is 7. The van der Waals surface area contributed by atoms with Crippen LogP contribution in [0.5, 0.6) is 0 Å². The average Bonchev–Trinajstić information content (AvgIpc) is 2.64. The minimum atomic E-state index is -3.51. The number of unbranched alkanes of at least 4 members (excludes halogenated alkanes) is 3. The average molecular weight is 398 g/mol. The second-order valence-electron chi connectivity index (χ2n) is 5.66. The normalized spacial score (nSPS) is 12.0. The molecule has 0 saturated carbocycles. The summed E-state index contributed by atoms with van der Waals surface area (Å²) < 4.78 is 44.9. The Bertz CT molecular complexity index is 281. The largest absolute Gasteiger partial charge is 0.474 e. The third-order valence-electron chi connectivity index (χ3n) is 3.41. The Morgan fingerprint density at radius 1 is 0.500 bits per heavy atom. The van der Waals surface area contributed by atoms with Gasteiger partial charge in [0.25, 0.3) is 0 Å². The highest BCUT2D eigenvalue weighted by Gasteiger charge is 2.26. The van der Waals surface area contributed by atoms with Gasteiger partial charge in [0.15, 0.2) is 0 Å². The molecule has 0 aliphatic rings. The van der Waals surface area contributed by atoms with Crippen molar-refractivity contribution in [3.05, 3.63) is 0 Å². The van der Waals surface area contributed by atoms with Crippen LogP contribution in [0.3, 0.4) is 0 Å². The molecule has 0 amide bonds. The maximum atomic E-state index is 12.7. The monoisotopic (exact) mass is 398 g/mol. The molecule has 0 rings (SSSR count). The Kier molecular flexibility index (Phi) is 19.7. The van der Waals surface area contributed by atoms with E-state index in [0.29, 0.717) is 59.5 Å². The van der Waals surface area contributed by atoms with Crippen molar-refractivity contribution < 1.29 is 32.3 Å². The van der Waals surface area contributed by atoms with Gasteiger partial charge >= 0.3 is 7.82 Å². The topological polar surface area (TPSA) is 72.5 Å². The molecule has 8 heteroatoms. The van der Waals surface area contributed by atoms with Crippen molar-refractivity contribution in [3.63, 3.8) is 0 Å². The van der Waals surface area contributed by atoms with Gasteiger partial charge in [0.2, 0.25) is 0 Å². The first-order valence-corrected chi connectivity index (χ1v) is 11.4. The zero-order valence-electron chi connectivity index (χ0n) is 16.9. The van der Waals surface area contributed by atoms with Crippen LogP contribution < -0.4 is 0 Å². The molecule has 0 spiro atoms. The quantitative estimate of drug-likeness (QED) is 0.207. The summed E-state index contributed by atoms with van der Waals surface area (Å²) in [4.78, 5) is 0. The van der Waals surface area contributed by atoms with E-state index in [1.165, 1.54) is 0 Å². The summed E-state index contributed by atoms with van der Waals surface area (Å²) in [6, 6.07) is 0. The van der Waals surface area contributed by atoms with E-state index in [9.17, 15) is 4.57 Å². The molecule has 0 aliphatic carbocycles. The maximum Gasteiger partial charge on any atom is 0.474 e. The number of phosphoric acid groups is 1. The van der Waals surface area contributed by atoms with E-state index in [4.69, 9.17) is 27.8 Å². The van der Waals surface area contributed by atoms with E-state index in [0.717, 1.165) is 38.5 Å². The van der Waals surface area contributed by atoms with Gasteiger partial charge in [0.05, 0.1) is 19.8 Å². The molecule has 0 aromatic heterocycles. The number of phosphoric ester groups is 1. The second-order valence-corrected chi connectivity index (χ2v) is 7.33. The van der Waals surface area contributed by atoms with Gasteiger partial charge in [0, 0.05) is 39.6 Å². The van der Waals surface area contributed by atoms with Crippen molar-refractivity contribution in [2.45, 2.75) is 59.3 Å². The lowest BCUT2D eigenvalue weighted by Crippen LogP contribution is -2.06. The Morgan fingerprint density at radius 2 is 0.769 bits per heavy atom. The molecular formula is C18H39O7P. The molecule has 0 N–H and O–H groups in total. The van der Waals surface area contributed by atoms with Crippen molar-refractivity contribution in [2.75, 3.05) is 59.5 Å². The fourth-order valence-electron chi connectivity index (χ4n) is 1.99. The van der Waals surface area contributed by atoms with E-state index in [2.05, 4.69) is 0 Å². The van der Waals surface area contributed by atoms with Crippen LogP contribution in [-0.2, 0) is 32.3 Å². The Morgan fingerprint density at radius 3 is 1.04 bits per heavy atom. The van der Waals surface area contributed by atoms with Crippen LogP contribution in [0, 0.1) is 0 Å². The van der Waals surface area contributed by atoms with Crippen LogP contribution >= 0.6 is 7.82 Å². The molecule has 0 aliphatic heterocycles. The summed E-state index contributed by atoms with van der Waals surface area (Å²) in [5, 5.41) is 0. The van der Waals surface area contributed by atoms with E-state index in [1.807, 2.05) is 20.8 Å². The van der Waals surface area contributed by atoms with E-state index >= 15 is 0 Å². The van der Waals surface area contributed by atoms with E-state index in [-0.39, 0.29) is 0 Å². The zero-order chi connectivity index (χ0) is 19.3. The van der Waals surface area contributed by atoms with Crippen LogP contribution in [0.1, 0.15) is 59.3 Å². The van der Waals surface area contributed by atoms with Gasteiger partial charge in [-0.25, -0.2) is 4.57 Å². The lowest BCUT2D eigenvalue weighted by molar-refractivity contribution is 0.0928. The minimum absolute atomic E-state index is 0.336. The SMILES string of the molecule is CCOCCCCOP(=O)(OCCCCOCC)OCCCCOCC. The molecule has 26 heavy (non-hydrogen) atoms. The Balaban J connectivity index is 4.04. The molecule has 0 heterocycles. The highest BCUT2D eigenvalue weighted by atomic mass is 31.2. The lowest BCUT2D eigenvalue weighted by atomic mass is 10.3. The van der Waals surface area contributed by atoms with Gasteiger partial charge in [-0.2, -0.15) is 0 Å². The highest BCUT2D eigenvalue weighted by Crippen LogP contribution is 2.49. The smallest absolute Gasteiger partial charge is 0.382 e. The zero-order valence-corrected chi connectivity index (χ0v) is 17.8. The van der Waals surface area contributed by atoms with Crippen LogP contribution in [-0.4, -0.2) is 59.5 Å². The van der Waals surface area contributed by atoms with Crippen LogP contribution in [0.25, 0.3) is 0 Å². The summed E-state index contributed by atoms with van der Waals surface area (Å²) in [7, 11) is -3.51. The molecule has 0 aromatic rings. The van der Waals surface area contributed by atoms with Crippen molar-refractivity contribution in [1.82, 2.24) is 0 Å². The molecule has 7 nitrogen and oxygen atoms in total. The second kappa shape index (κ2) is 19.7. The Labute approximate surface area is 159 Å². The highest BCUT2D eigenvalue weighted by molar-refractivity contribution is 7.48. The number of rotatable bonds is 21. The fraction of sp³-hybridized carbons (Fsp3) is 1.00. The molecule has 158 valence electrons. The predicted octanol–water partition coefficient (Wildman–Crippen LogP) is 4.59. The standard InChI is InChI=1S/C18H39O7P/c1-4-20-13-7-10-16-23-26(19,24-17-11-8-14-21-5-2)25-18-12-9-15-22-6-3/h4-18H2,1-3H3. The van der Waals surface area contributed by atoms with Crippen molar-refractivity contribution in [1.29, 1.82) is 0 Å². The van der Waals surface area contributed by atoms with Crippen molar-refractivity contribution in [3.8, 4) is 0 Å². The summed E-state index contributed by atoms with van der Waals surface area (Å²) in [6.07, 6.45) is 4.84. The van der Waals surface area contributed by atoms with Crippen LogP contribution in [0.4, 0.5) is 0 Å². The summed E-state index contributed by atoms with van der Waals surface area (Å²) in [5.74, 6) is 0. The first-order valence-electron chi connectivity index (χ1n) is 9.95. The van der Waals surface area contributed by atoms with Crippen LogP contribution in [0.2, 0.25) is 0 Å². The predicted molar refractivity (Wildman–Crippen MR) is 103 cm³/mol. The third kappa shape index (κ3) is 17.4. The van der Waals surface area contributed by atoms with Crippen molar-refractivity contribution in [2.24, 2.45) is 0 Å². The molecule has 0 atom stereocenters. The minimum Gasteiger partial charge on any atom is -0.382 e. The van der Waals surface area contributed by atoms with E-state index < -0.39 is 7.82 Å². The molecule has 0 saturated heterocycles. The molecule has 0 aromatic carbocycles.